The van der Waals surface area contributed by atoms with E-state index in [9.17, 15) is 4.79 Å². The lowest BCUT2D eigenvalue weighted by Crippen LogP contribution is -2.18. The van der Waals surface area contributed by atoms with Gasteiger partial charge in [0.25, 0.3) is 0 Å². The van der Waals surface area contributed by atoms with Crippen LogP contribution in [0.2, 0.25) is 0 Å². The smallest absolute Gasteiger partial charge is 0.308 e. The summed E-state index contributed by atoms with van der Waals surface area (Å²) in [5.41, 5.74) is 0. The monoisotopic (exact) mass is 343 g/mol. The van der Waals surface area contributed by atoms with Gasteiger partial charge in [-0.15, -0.1) is 0 Å². The van der Waals surface area contributed by atoms with Crippen LogP contribution in [-0.2, 0) is 9.53 Å². The van der Waals surface area contributed by atoms with E-state index < -0.39 is 0 Å². The zero-order valence-corrected chi connectivity index (χ0v) is 16.2. The van der Waals surface area contributed by atoms with Crippen LogP contribution in [0.15, 0.2) is 0 Å². The Balaban J connectivity index is 3.51. The molecule has 0 radical (unpaired) electrons. The molecule has 4 heteroatoms. The van der Waals surface area contributed by atoms with E-state index in [2.05, 4.69) is 19.2 Å². The predicted molar refractivity (Wildman–Crippen MR) is 101 cm³/mol. The summed E-state index contributed by atoms with van der Waals surface area (Å²) in [6, 6.07) is 0. The average molecular weight is 344 g/mol. The van der Waals surface area contributed by atoms with Crippen molar-refractivity contribution in [3.63, 3.8) is 0 Å². The molecule has 0 spiro atoms. The Hall–Kier alpha value is -0.610. The quantitative estimate of drug-likeness (QED) is 0.285. The Morgan fingerprint density at radius 1 is 0.875 bits per heavy atom. The van der Waals surface area contributed by atoms with Gasteiger partial charge in [0, 0.05) is 6.61 Å². The summed E-state index contributed by atoms with van der Waals surface area (Å²) >= 11 is 0. The lowest BCUT2D eigenvalue weighted by molar-refractivity contribution is -0.149. The molecule has 0 heterocycles. The highest BCUT2D eigenvalue weighted by Gasteiger charge is 2.18. The second-order valence-corrected chi connectivity index (χ2v) is 6.74. The van der Waals surface area contributed by atoms with Gasteiger partial charge in [0.15, 0.2) is 0 Å². The van der Waals surface area contributed by atoms with Gasteiger partial charge in [-0.05, 0) is 51.6 Å². The maximum absolute atomic E-state index is 12.1. The third-order valence-electron chi connectivity index (χ3n) is 4.38. The van der Waals surface area contributed by atoms with Gasteiger partial charge in [-0.2, -0.15) is 0 Å². The van der Waals surface area contributed by atoms with Gasteiger partial charge < -0.3 is 15.2 Å². The molecule has 0 saturated heterocycles. The number of ether oxygens (including phenoxy) is 1. The molecule has 1 unspecified atom stereocenters. The first-order chi connectivity index (χ1) is 11.8. The van der Waals surface area contributed by atoms with E-state index in [1.54, 1.807) is 0 Å². The number of aliphatic hydroxyl groups excluding tert-OH is 1. The van der Waals surface area contributed by atoms with Crippen LogP contribution in [0.4, 0.5) is 0 Å². The highest BCUT2D eigenvalue weighted by atomic mass is 16.5. The number of hydrogen-bond acceptors (Lipinski definition) is 4. The lowest BCUT2D eigenvalue weighted by Gasteiger charge is -2.15. The minimum absolute atomic E-state index is 0.0264. The molecule has 0 amide bonds. The molecule has 0 rings (SSSR count). The molecule has 0 aromatic rings. The molecule has 0 aliphatic rings. The van der Waals surface area contributed by atoms with Crippen molar-refractivity contribution < 1.29 is 14.6 Å². The molecule has 0 aromatic carbocycles. The third-order valence-corrected chi connectivity index (χ3v) is 4.38. The van der Waals surface area contributed by atoms with Gasteiger partial charge in [0.05, 0.1) is 12.5 Å². The van der Waals surface area contributed by atoms with E-state index in [0.29, 0.717) is 6.61 Å². The van der Waals surface area contributed by atoms with Crippen molar-refractivity contribution in [3.05, 3.63) is 0 Å². The van der Waals surface area contributed by atoms with Gasteiger partial charge in [-0.1, -0.05) is 52.4 Å². The fraction of sp³-hybridized carbons (Fsp3) is 0.950. The zero-order valence-electron chi connectivity index (χ0n) is 16.2. The Labute approximate surface area is 149 Å². The Morgan fingerprint density at radius 3 is 2.25 bits per heavy atom. The van der Waals surface area contributed by atoms with Crippen molar-refractivity contribution >= 4 is 5.97 Å². The second kappa shape index (κ2) is 18.7. The molecule has 0 saturated carbocycles. The molecule has 24 heavy (non-hydrogen) atoms. The number of nitrogens with one attached hydrogen (secondary N) is 1. The number of unbranched alkanes of at least 4 members (excludes halogenated alkanes) is 6. The van der Waals surface area contributed by atoms with Crippen LogP contribution in [0.25, 0.3) is 0 Å². The van der Waals surface area contributed by atoms with E-state index in [1.807, 2.05) is 0 Å². The normalized spacial score (nSPS) is 12.3. The lowest BCUT2D eigenvalue weighted by atomic mass is 9.97. The summed E-state index contributed by atoms with van der Waals surface area (Å²) < 4.78 is 5.48. The standard InChI is InChI=1S/C20H41NO3/c1-3-5-8-14-19(13-4-2)20(23)24-18-12-7-6-9-15-21-16-10-11-17-22/h19,21-22H,3-18H2,1-2H3. The fourth-order valence-corrected chi connectivity index (χ4v) is 2.85. The van der Waals surface area contributed by atoms with E-state index in [0.717, 1.165) is 64.5 Å². The van der Waals surface area contributed by atoms with E-state index >= 15 is 0 Å². The van der Waals surface area contributed by atoms with Crippen molar-refractivity contribution in [2.45, 2.75) is 90.9 Å². The molecule has 0 aromatic heterocycles. The number of rotatable bonds is 18. The van der Waals surface area contributed by atoms with Gasteiger partial charge in [-0.25, -0.2) is 0 Å². The number of aliphatic hydroxyl groups is 1. The average Bonchev–Trinajstić information content (AvgIpc) is 2.59. The first kappa shape index (κ1) is 23.4. The summed E-state index contributed by atoms with van der Waals surface area (Å²) in [4.78, 5) is 12.1. The topological polar surface area (TPSA) is 58.6 Å². The Morgan fingerprint density at radius 2 is 1.58 bits per heavy atom. The van der Waals surface area contributed by atoms with Crippen LogP contribution in [0.3, 0.4) is 0 Å². The van der Waals surface area contributed by atoms with Crippen LogP contribution in [-0.4, -0.2) is 37.4 Å². The first-order valence-electron chi connectivity index (χ1n) is 10.2. The third kappa shape index (κ3) is 14.9. The van der Waals surface area contributed by atoms with Crippen LogP contribution >= 0.6 is 0 Å². The SMILES string of the molecule is CCCCCC(CCC)C(=O)OCCCCCCNCCCCO. The zero-order chi connectivity index (χ0) is 17.9. The number of esters is 1. The summed E-state index contributed by atoms with van der Waals surface area (Å²) in [5, 5.41) is 12.1. The number of hydrogen-bond donors (Lipinski definition) is 2. The number of carbonyl (C=O) groups is 1. The molecule has 0 aliphatic heterocycles. The maximum atomic E-state index is 12.1. The largest absolute Gasteiger partial charge is 0.465 e. The van der Waals surface area contributed by atoms with Crippen molar-refractivity contribution in [2.24, 2.45) is 5.92 Å². The van der Waals surface area contributed by atoms with Gasteiger partial charge >= 0.3 is 5.97 Å². The minimum Gasteiger partial charge on any atom is -0.465 e. The van der Waals surface area contributed by atoms with E-state index in [4.69, 9.17) is 9.84 Å². The van der Waals surface area contributed by atoms with Crippen LogP contribution in [0, 0.1) is 5.92 Å². The highest BCUT2D eigenvalue weighted by molar-refractivity contribution is 5.72. The fourth-order valence-electron chi connectivity index (χ4n) is 2.85. The number of carbonyl (C=O) groups excluding carboxylic acids is 1. The van der Waals surface area contributed by atoms with Crippen molar-refractivity contribution in [1.82, 2.24) is 5.32 Å². The van der Waals surface area contributed by atoms with Gasteiger partial charge in [0.2, 0.25) is 0 Å². The summed E-state index contributed by atoms with van der Waals surface area (Å²) in [6.07, 6.45) is 12.9. The van der Waals surface area contributed by atoms with E-state index in [-0.39, 0.29) is 18.5 Å². The van der Waals surface area contributed by atoms with Gasteiger partial charge in [-0.3, -0.25) is 4.79 Å². The van der Waals surface area contributed by atoms with Gasteiger partial charge in [0.1, 0.15) is 0 Å². The molecule has 4 nitrogen and oxygen atoms in total. The molecule has 2 N–H and O–H groups in total. The second-order valence-electron chi connectivity index (χ2n) is 6.74. The molecular formula is C20H41NO3. The molecule has 1 atom stereocenters. The molecule has 0 fully saturated rings. The van der Waals surface area contributed by atoms with Crippen molar-refractivity contribution in [1.29, 1.82) is 0 Å². The Bertz CT molecular complexity index is 272. The molecule has 0 bridgehead atoms. The summed E-state index contributed by atoms with van der Waals surface area (Å²) in [5.74, 6) is 0.142. The molecule has 144 valence electrons. The van der Waals surface area contributed by atoms with Crippen molar-refractivity contribution in [3.8, 4) is 0 Å². The van der Waals surface area contributed by atoms with Crippen LogP contribution in [0.5, 0.6) is 0 Å². The predicted octanol–water partition coefficient (Wildman–Crippen LogP) is 4.45. The molecule has 0 aliphatic carbocycles. The Kier molecular flexibility index (Phi) is 18.2. The minimum atomic E-state index is 0.0264. The van der Waals surface area contributed by atoms with Crippen molar-refractivity contribution in [2.75, 3.05) is 26.3 Å². The van der Waals surface area contributed by atoms with E-state index in [1.165, 1.54) is 25.7 Å². The molecular weight excluding hydrogens is 302 g/mol. The first-order valence-corrected chi connectivity index (χ1v) is 10.2. The summed E-state index contributed by atoms with van der Waals surface area (Å²) in [6.45, 7) is 7.24. The maximum Gasteiger partial charge on any atom is 0.308 e. The van der Waals surface area contributed by atoms with Crippen LogP contribution in [0.1, 0.15) is 90.9 Å². The van der Waals surface area contributed by atoms with Crippen LogP contribution < -0.4 is 5.32 Å². The summed E-state index contributed by atoms with van der Waals surface area (Å²) in [7, 11) is 0. The highest BCUT2D eigenvalue weighted by Crippen LogP contribution is 2.17.